The Morgan fingerprint density at radius 2 is 1.93 bits per heavy atom. The quantitative estimate of drug-likeness (QED) is 0.625. The number of carbonyl (C=O) groups excluding carboxylic acids is 1. The summed E-state index contributed by atoms with van der Waals surface area (Å²) in [6, 6.07) is 13.7. The number of hydrogen-bond donors (Lipinski definition) is 0. The summed E-state index contributed by atoms with van der Waals surface area (Å²) in [6.07, 6.45) is 1.28. The molecule has 0 saturated carbocycles. The average molecular weight is 407 g/mol. The van der Waals surface area contributed by atoms with Crippen LogP contribution in [-0.4, -0.2) is 58.3 Å². The van der Waals surface area contributed by atoms with E-state index in [0.29, 0.717) is 13.0 Å². The first-order valence-corrected chi connectivity index (χ1v) is 9.93. The molecule has 30 heavy (non-hydrogen) atoms. The lowest BCUT2D eigenvalue weighted by Gasteiger charge is -2.19. The van der Waals surface area contributed by atoms with Crippen LogP contribution in [0.3, 0.4) is 0 Å². The van der Waals surface area contributed by atoms with E-state index in [1.165, 1.54) is 0 Å². The lowest BCUT2D eigenvalue weighted by atomic mass is 9.97. The number of methoxy groups -OCH3 is 2. The molecular weight excluding hydrogens is 382 g/mol. The van der Waals surface area contributed by atoms with Crippen LogP contribution < -0.4 is 9.47 Å². The number of hydrogen-bond acceptors (Lipinski definition) is 6. The number of amides is 1. The van der Waals surface area contributed by atoms with E-state index < -0.39 is 0 Å². The van der Waals surface area contributed by atoms with Gasteiger partial charge < -0.3 is 14.4 Å². The molecule has 156 valence electrons. The molecule has 0 spiro atoms. The Hall–Kier alpha value is -3.42. The van der Waals surface area contributed by atoms with Gasteiger partial charge in [-0.25, -0.2) is 0 Å². The summed E-state index contributed by atoms with van der Waals surface area (Å²) in [6.45, 7) is 3.27. The van der Waals surface area contributed by atoms with E-state index in [-0.39, 0.29) is 11.8 Å². The minimum atomic E-state index is 0.130. The van der Waals surface area contributed by atoms with E-state index >= 15 is 0 Å². The van der Waals surface area contributed by atoms with E-state index in [9.17, 15) is 4.79 Å². The molecule has 0 bridgehead atoms. The number of likely N-dealkylation sites (tertiary alicyclic amines) is 1. The van der Waals surface area contributed by atoms with Gasteiger partial charge in [0.05, 0.1) is 26.3 Å². The molecule has 1 aliphatic rings. The average Bonchev–Trinajstić information content (AvgIpc) is 3.43. The zero-order valence-corrected chi connectivity index (χ0v) is 17.4. The number of benzene rings is 2. The van der Waals surface area contributed by atoms with Gasteiger partial charge in [0.15, 0.2) is 17.3 Å². The van der Waals surface area contributed by atoms with Crippen molar-refractivity contribution < 1.29 is 14.3 Å². The van der Waals surface area contributed by atoms with Crippen molar-refractivity contribution >= 4 is 5.91 Å². The second kappa shape index (κ2) is 8.52. The van der Waals surface area contributed by atoms with Crippen molar-refractivity contribution in [2.45, 2.75) is 25.7 Å². The number of aryl methyl sites for hydroxylation is 1. The third-order valence-corrected chi connectivity index (χ3v) is 5.58. The lowest BCUT2D eigenvalue weighted by molar-refractivity contribution is -0.129. The molecule has 0 radical (unpaired) electrons. The number of tetrazole rings is 1. The highest BCUT2D eigenvalue weighted by Gasteiger charge is 2.30. The van der Waals surface area contributed by atoms with E-state index in [2.05, 4.69) is 21.6 Å². The normalized spacial score (nSPS) is 16.0. The van der Waals surface area contributed by atoms with Crippen LogP contribution in [0.4, 0.5) is 0 Å². The summed E-state index contributed by atoms with van der Waals surface area (Å²) in [7, 11) is 3.29. The molecule has 2 heterocycles. The first-order chi connectivity index (χ1) is 14.6. The Kier molecular flexibility index (Phi) is 5.65. The fraction of sp³-hybridized carbons (Fsp3) is 0.364. The second-order valence-corrected chi connectivity index (χ2v) is 7.39. The smallest absolute Gasteiger partial charge is 0.227 e. The predicted molar refractivity (Wildman–Crippen MR) is 111 cm³/mol. The lowest BCUT2D eigenvalue weighted by Crippen LogP contribution is -2.29. The topological polar surface area (TPSA) is 82.4 Å². The molecule has 1 amide bonds. The number of para-hydroxylation sites is 1. The van der Waals surface area contributed by atoms with Crippen LogP contribution in [0.15, 0.2) is 42.5 Å². The van der Waals surface area contributed by atoms with Crippen LogP contribution >= 0.6 is 0 Å². The van der Waals surface area contributed by atoms with Gasteiger partial charge in [-0.3, -0.25) is 4.79 Å². The van der Waals surface area contributed by atoms with Gasteiger partial charge in [0.1, 0.15) is 0 Å². The van der Waals surface area contributed by atoms with Crippen LogP contribution in [0.1, 0.15) is 29.3 Å². The molecule has 0 aliphatic carbocycles. The molecule has 8 nitrogen and oxygen atoms in total. The van der Waals surface area contributed by atoms with Crippen LogP contribution in [-0.2, 0) is 11.2 Å². The van der Waals surface area contributed by atoms with Crippen molar-refractivity contribution in [3.05, 3.63) is 59.4 Å². The first kappa shape index (κ1) is 19.9. The highest BCUT2D eigenvalue weighted by Crippen LogP contribution is 2.39. The van der Waals surface area contributed by atoms with Crippen LogP contribution in [0.25, 0.3) is 5.69 Å². The summed E-state index contributed by atoms with van der Waals surface area (Å²) < 4.78 is 12.7. The minimum Gasteiger partial charge on any atom is -0.493 e. The van der Waals surface area contributed by atoms with Crippen molar-refractivity contribution in [3.63, 3.8) is 0 Å². The zero-order valence-electron chi connectivity index (χ0n) is 17.4. The number of carbonyl (C=O) groups is 1. The molecule has 2 aromatic carbocycles. The summed E-state index contributed by atoms with van der Waals surface area (Å²) in [4.78, 5) is 14.8. The van der Waals surface area contributed by atoms with E-state index in [0.717, 1.165) is 47.1 Å². The molecule has 4 rings (SSSR count). The number of aromatic nitrogens is 4. The van der Waals surface area contributed by atoms with Gasteiger partial charge in [0.2, 0.25) is 5.91 Å². The van der Waals surface area contributed by atoms with Gasteiger partial charge in [0, 0.05) is 24.6 Å². The molecule has 1 fully saturated rings. The van der Waals surface area contributed by atoms with Gasteiger partial charge in [-0.1, -0.05) is 24.3 Å². The Balaban J connectivity index is 1.42. The Morgan fingerprint density at radius 1 is 1.13 bits per heavy atom. The molecule has 1 unspecified atom stereocenters. The maximum atomic E-state index is 12.9. The van der Waals surface area contributed by atoms with E-state index in [1.54, 1.807) is 18.9 Å². The number of ether oxygens (including phenoxy) is 2. The Morgan fingerprint density at radius 3 is 2.60 bits per heavy atom. The standard InChI is InChI=1S/C22H25N5O3/c1-15-23-24-25-27(15)18-9-7-16(8-10-18)13-21(28)26-12-11-17(14-26)19-5-4-6-20(29-2)22(19)30-3/h4-10,17H,11-14H2,1-3H3. The molecule has 3 aromatic rings. The molecule has 0 N–H and O–H groups in total. The van der Waals surface area contributed by atoms with Crippen molar-refractivity contribution in [2.24, 2.45) is 0 Å². The molecular formula is C22H25N5O3. The van der Waals surface area contributed by atoms with E-state index in [4.69, 9.17) is 9.47 Å². The van der Waals surface area contributed by atoms with Crippen LogP contribution in [0.2, 0.25) is 0 Å². The predicted octanol–water partition coefficient (Wildman–Crippen LogP) is 2.55. The minimum absolute atomic E-state index is 0.130. The monoisotopic (exact) mass is 407 g/mol. The largest absolute Gasteiger partial charge is 0.493 e. The summed E-state index contributed by atoms with van der Waals surface area (Å²) in [5.74, 6) is 2.57. The third kappa shape index (κ3) is 3.85. The van der Waals surface area contributed by atoms with Gasteiger partial charge in [0.25, 0.3) is 0 Å². The van der Waals surface area contributed by atoms with Gasteiger partial charge in [-0.2, -0.15) is 4.68 Å². The molecule has 1 saturated heterocycles. The molecule has 1 atom stereocenters. The van der Waals surface area contributed by atoms with Crippen molar-refractivity contribution in [3.8, 4) is 17.2 Å². The maximum absolute atomic E-state index is 12.9. The second-order valence-electron chi connectivity index (χ2n) is 7.39. The van der Waals surface area contributed by atoms with E-state index in [1.807, 2.05) is 48.2 Å². The first-order valence-electron chi connectivity index (χ1n) is 9.93. The van der Waals surface area contributed by atoms with Crippen LogP contribution in [0.5, 0.6) is 11.5 Å². The summed E-state index contributed by atoms with van der Waals surface area (Å²) >= 11 is 0. The van der Waals surface area contributed by atoms with Gasteiger partial charge in [-0.15, -0.1) is 5.10 Å². The third-order valence-electron chi connectivity index (χ3n) is 5.58. The highest BCUT2D eigenvalue weighted by molar-refractivity contribution is 5.79. The number of rotatable bonds is 6. The fourth-order valence-corrected chi connectivity index (χ4v) is 3.99. The fourth-order valence-electron chi connectivity index (χ4n) is 3.99. The van der Waals surface area contributed by atoms with Crippen molar-refractivity contribution in [1.82, 2.24) is 25.1 Å². The Labute approximate surface area is 175 Å². The van der Waals surface area contributed by atoms with Crippen molar-refractivity contribution in [2.75, 3.05) is 27.3 Å². The molecule has 8 heteroatoms. The summed E-state index contributed by atoms with van der Waals surface area (Å²) in [5, 5.41) is 11.5. The van der Waals surface area contributed by atoms with Gasteiger partial charge >= 0.3 is 0 Å². The maximum Gasteiger partial charge on any atom is 0.227 e. The zero-order chi connectivity index (χ0) is 21.1. The highest BCUT2D eigenvalue weighted by atomic mass is 16.5. The SMILES string of the molecule is COc1cccc(C2CCN(C(=O)Cc3ccc(-n4nnnc4C)cc3)C2)c1OC. The van der Waals surface area contributed by atoms with Crippen LogP contribution in [0, 0.1) is 6.92 Å². The summed E-state index contributed by atoms with van der Waals surface area (Å²) in [5.41, 5.74) is 2.94. The molecule has 1 aromatic heterocycles. The molecule has 1 aliphatic heterocycles. The van der Waals surface area contributed by atoms with Gasteiger partial charge in [-0.05, 0) is 47.5 Å². The van der Waals surface area contributed by atoms with Crippen molar-refractivity contribution in [1.29, 1.82) is 0 Å². The number of nitrogens with zero attached hydrogens (tertiary/aromatic N) is 5. The Bertz CT molecular complexity index is 1030.